The van der Waals surface area contributed by atoms with Crippen LogP contribution in [0.15, 0.2) is 0 Å². The van der Waals surface area contributed by atoms with Crippen molar-refractivity contribution in [1.29, 1.82) is 16.2 Å². The van der Waals surface area contributed by atoms with Crippen molar-refractivity contribution in [2.45, 2.75) is 0 Å². The molecular formula is C3H12LaN9. The number of hydrogen-bond donors (Lipinski definition) is 6. The van der Waals surface area contributed by atoms with E-state index < -0.39 is 17.9 Å². The van der Waals surface area contributed by atoms with Crippen LogP contribution in [-0.2, 0) is 0 Å². The summed E-state index contributed by atoms with van der Waals surface area (Å²) >= 11 is 0. The Morgan fingerprint density at radius 1 is 0.692 bits per heavy atom. The average Bonchev–Trinajstić information content (AvgIpc) is 1.54. The zero-order valence-electron chi connectivity index (χ0n) is 6.81. The Labute approximate surface area is 104 Å². The first-order chi connectivity index (χ1) is 5.20. The molecule has 0 spiro atoms. The largest absolute Gasteiger partial charge is 3.00 e. The van der Waals surface area contributed by atoms with Gasteiger partial charge in [-0.05, 0) is 17.9 Å². The molecule has 0 aliphatic rings. The van der Waals surface area contributed by atoms with Gasteiger partial charge in [-0.25, -0.2) is 0 Å². The van der Waals surface area contributed by atoms with E-state index in [9.17, 15) is 0 Å². The van der Waals surface area contributed by atoms with Crippen molar-refractivity contribution >= 4 is 17.9 Å². The molecule has 9 nitrogen and oxygen atoms in total. The Bertz CT molecular complexity index is 112. The van der Waals surface area contributed by atoms with E-state index in [0.29, 0.717) is 0 Å². The topological polar surface area (TPSA) is 221 Å². The van der Waals surface area contributed by atoms with Gasteiger partial charge in [0, 0.05) is 0 Å². The van der Waals surface area contributed by atoms with Crippen LogP contribution < -0.4 is 17.2 Å². The van der Waals surface area contributed by atoms with Crippen LogP contribution >= 0.6 is 0 Å². The number of rotatable bonds is 0. The number of nitrogens with two attached hydrogens (primary N) is 3. The minimum absolute atomic E-state index is 0. The Morgan fingerprint density at radius 3 is 0.692 bits per heavy atom. The van der Waals surface area contributed by atoms with Gasteiger partial charge in [-0.3, -0.25) is 0 Å². The van der Waals surface area contributed by atoms with Crippen LogP contribution in [0.5, 0.6) is 0 Å². The summed E-state index contributed by atoms with van der Waals surface area (Å²) in [6, 6.07) is 0. The first-order valence-electron chi connectivity index (χ1n) is 2.37. The number of guanidine groups is 3. The first kappa shape index (κ1) is 22.7. The predicted molar refractivity (Wildman–Crippen MR) is 48.7 cm³/mol. The summed E-state index contributed by atoms with van der Waals surface area (Å²) in [5.74, 6) is -1.75. The standard InChI is InChI=1S/3CH4N3.La/c3*2-1(3)4;/h3*(H4-,2,3,4);/q3*-1;+3. The Hall–Kier alpha value is -0.995. The summed E-state index contributed by atoms with van der Waals surface area (Å²) in [6.45, 7) is 0. The molecule has 0 aromatic heterocycles. The van der Waals surface area contributed by atoms with Crippen LogP contribution in [0.1, 0.15) is 0 Å². The fraction of sp³-hybridized carbons (Fsp3) is 0. The molecular weight excluding hydrogens is 301 g/mol. The first-order valence-corrected chi connectivity index (χ1v) is 2.37. The maximum Gasteiger partial charge on any atom is 3.00 e. The van der Waals surface area contributed by atoms with Crippen LogP contribution in [0.25, 0.3) is 17.2 Å². The van der Waals surface area contributed by atoms with E-state index in [1.807, 2.05) is 0 Å². The monoisotopic (exact) mass is 313 g/mol. The minimum atomic E-state index is -0.583. The van der Waals surface area contributed by atoms with Crippen molar-refractivity contribution in [2.24, 2.45) is 17.2 Å². The van der Waals surface area contributed by atoms with Crippen LogP contribution in [0, 0.1) is 51.8 Å². The molecule has 0 fully saturated rings. The van der Waals surface area contributed by atoms with Gasteiger partial charge in [-0.1, -0.05) is 0 Å². The molecule has 0 amide bonds. The molecule has 12 N–H and O–H groups in total. The van der Waals surface area contributed by atoms with E-state index in [1.54, 1.807) is 0 Å². The van der Waals surface area contributed by atoms with E-state index in [0.717, 1.165) is 0 Å². The molecule has 0 bridgehead atoms. The fourth-order valence-electron chi connectivity index (χ4n) is 0. The summed E-state index contributed by atoms with van der Waals surface area (Å²) in [4.78, 5) is 0. The fourth-order valence-corrected chi connectivity index (χ4v) is 0. The van der Waals surface area contributed by atoms with Crippen molar-refractivity contribution in [1.82, 2.24) is 0 Å². The molecule has 0 aromatic rings. The van der Waals surface area contributed by atoms with Crippen molar-refractivity contribution in [3.05, 3.63) is 17.2 Å². The average molecular weight is 313 g/mol. The maximum atomic E-state index is 5.94. The van der Waals surface area contributed by atoms with Crippen LogP contribution in [0.4, 0.5) is 0 Å². The van der Waals surface area contributed by atoms with Gasteiger partial charge in [0.15, 0.2) is 0 Å². The molecule has 13 heavy (non-hydrogen) atoms. The van der Waals surface area contributed by atoms with Crippen LogP contribution in [0.3, 0.4) is 0 Å². The van der Waals surface area contributed by atoms with Crippen molar-refractivity contribution in [3.63, 3.8) is 0 Å². The van der Waals surface area contributed by atoms with Gasteiger partial charge in [0.1, 0.15) is 0 Å². The molecule has 0 aromatic carbocycles. The third kappa shape index (κ3) is 901. The van der Waals surface area contributed by atoms with Crippen LogP contribution in [0.2, 0.25) is 0 Å². The number of hydrogen-bond acceptors (Lipinski definition) is 3. The van der Waals surface area contributed by atoms with Gasteiger partial charge in [0.25, 0.3) is 0 Å². The molecule has 0 atom stereocenters. The predicted octanol–water partition coefficient (Wildman–Crippen LogP) is -0.204. The van der Waals surface area contributed by atoms with Gasteiger partial charge in [-0.15, -0.1) is 0 Å². The van der Waals surface area contributed by atoms with E-state index >= 15 is 0 Å². The summed E-state index contributed by atoms with van der Waals surface area (Å²) < 4.78 is 0. The molecule has 0 unspecified atom stereocenters. The van der Waals surface area contributed by atoms with E-state index in [-0.39, 0.29) is 35.6 Å². The van der Waals surface area contributed by atoms with Crippen molar-refractivity contribution in [3.8, 4) is 0 Å². The molecule has 0 saturated carbocycles. The minimum Gasteiger partial charge on any atom is -0.454 e. The van der Waals surface area contributed by atoms with Gasteiger partial charge in [0.05, 0.1) is 0 Å². The molecule has 0 aliphatic carbocycles. The summed E-state index contributed by atoms with van der Waals surface area (Å²) in [5.41, 5.74) is 30.9. The van der Waals surface area contributed by atoms with E-state index in [1.165, 1.54) is 0 Å². The quantitative estimate of drug-likeness (QED) is 0.264. The molecule has 0 saturated heterocycles. The smallest absolute Gasteiger partial charge is 0.454 e. The van der Waals surface area contributed by atoms with Gasteiger partial charge >= 0.3 is 35.6 Å². The van der Waals surface area contributed by atoms with E-state index in [2.05, 4.69) is 17.2 Å². The molecule has 72 valence electrons. The third-order valence-electron chi connectivity index (χ3n) is 0. The molecule has 0 aliphatic heterocycles. The number of nitrogens with one attached hydrogen (secondary N) is 6. The Balaban J connectivity index is -0.0000000450. The zero-order chi connectivity index (χ0) is 10.7. The molecule has 10 heteroatoms. The maximum absolute atomic E-state index is 5.94. The second kappa shape index (κ2) is 17.2. The van der Waals surface area contributed by atoms with Crippen LogP contribution in [-0.4, -0.2) is 17.9 Å². The molecule has 0 radical (unpaired) electrons. The molecule has 0 heterocycles. The third-order valence-corrected chi connectivity index (χ3v) is 0. The van der Waals surface area contributed by atoms with Gasteiger partial charge < -0.3 is 50.6 Å². The Morgan fingerprint density at radius 2 is 0.692 bits per heavy atom. The summed E-state index contributed by atoms with van der Waals surface area (Å²) in [7, 11) is 0. The van der Waals surface area contributed by atoms with Gasteiger partial charge in [-0.2, -0.15) is 0 Å². The SMILES string of the molecule is N=C([NH-])N.N=C([NH-])N.N=C([NH-])N.[La+3]. The van der Waals surface area contributed by atoms with E-state index in [4.69, 9.17) is 33.4 Å². The second-order valence-electron chi connectivity index (χ2n) is 1.24. The van der Waals surface area contributed by atoms with Crippen molar-refractivity contribution in [2.75, 3.05) is 0 Å². The normalized spacial score (nSPS) is 5.54. The summed E-state index contributed by atoms with van der Waals surface area (Å²) in [5, 5.41) is 17.8. The second-order valence-corrected chi connectivity index (χ2v) is 1.24. The summed E-state index contributed by atoms with van der Waals surface area (Å²) in [6.07, 6.45) is 0. The Kier molecular flexibility index (Phi) is 30.0. The molecule has 0 rings (SSSR count). The van der Waals surface area contributed by atoms with Crippen molar-refractivity contribution < 1.29 is 35.6 Å². The van der Waals surface area contributed by atoms with Gasteiger partial charge in [0.2, 0.25) is 0 Å². The zero-order valence-corrected chi connectivity index (χ0v) is 10.4.